The predicted molar refractivity (Wildman–Crippen MR) is 90.4 cm³/mol. The summed E-state index contributed by atoms with van der Waals surface area (Å²) in [4.78, 5) is 1.68. The maximum atomic E-state index is 5.41. The largest absolute Gasteiger partial charge is 0.497 e. The van der Waals surface area contributed by atoms with Crippen molar-refractivity contribution in [3.8, 4) is 5.75 Å². The molecule has 116 valence electrons. The zero-order valence-electron chi connectivity index (χ0n) is 13.6. The van der Waals surface area contributed by atoms with E-state index in [1.165, 1.54) is 37.1 Å². The molecular weight excluding hydrogens is 270 g/mol. The molecule has 0 aromatic heterocycles. The molecule has 2 aromatic rings. The van der Waals surface area contributed by atoms with Crippen LogP contribution >= 0.6 is 0 Å². The van der Waals surface area contributed by atoms with Crippen LogP contribution in [0.25, 0.3) is 0 Å². The lowest BCUT2D eigenvalue weighted by atomic mass is 9.76. The zero-order valence-corrected chi connectivity index (χ0v) is 13.6. The number of rotatable bonds is 4. The average molecular weight is 296 g/mol. The fourth-order valence-electron chi connectivity index (χ4n) is 3.74. The van der Waals surface area contributed by atoms with E-state index in [2.05, 4.69) is 55.5 Å². The highest BCUT2D eigenvalue weighted by atomic mass is 16.5. The molecule has 2 atom stereocenters. The molecule has 0 radical (unpaired) electrons. The first-order valence-corrected chi connectivity index (χ1v) is 8.22. The van der Waals surface area contributed by atoms with Crippen LogP contribution in [0, 0.1) is 0 Å². The van der Waals surface area contributed by atoms with Crippen LogP contribution in [-0.2, 0) is 12.0 Å². The third kappa shape index (κ3) is 3.33. The molecule has 0 aliphatic carbocycles. The Balaban J connectivity index is 1.76. The van der Waals surface area contributed by atoms with E-state index in [1.54, 1.807) is 12.0 Å². The Labute approximate surface area is 133 Å². The molecule has 0 bridgehead atoms. The van der Waals surface area contributed by atoms with E-state index in [0.29, 0.717) is 0 Å². The van der Waals surface area contributed by atoms with Gasteiger partial charge in [0.05, 0.1) is 20.2 Å². The number of hydrogen-bond acceptors (Lipinski definition) is 1. The molecular formula is C20H26NO+. The second kappa shape index (κ2) is 6.53. The van der Waals surface area contributed by atoms with Gasteiger partial charge in [-0.15, -0.1) is 0 Å². The summed E-state index contributed by atoms with van der Waals surface area (Å²) in [5.41, 5.74) is 3.10. The number of nitrogens with one attached hydrogen (secondary N) is 1. The molecule has 1 fully saturated rings. The minimum Gasteiger partial charge on any atom is -0.497 e. The molecule has 1 aliphatic heterocycles. The van der Waals surface area contributed by atoms with Gasteiger partial charge in [-0.05, 0) is 30.5 Å². The topological polar surface area (TPSA) is 13.7 Å². The molecule has 0 amide bonds. The molecule has 1 aliphatic rings. The Kier molecular flexibility index (Phi) is 4.49. The minimum atomic E-state index is 0.247. The monoisotopic (exact) mass is 296 g/mol. The van der Waals surface area contributed by atoms with Gasteiger partial charge in [0.2, 0.25) is 0 Å². The number of likely N-dealkylation sites (tertiary alicyclic amines) is 1. The van der Waals surface area contributed by atoms with Gasteiger partial charge < -0.3 is 9.64 Å². The van der Waals surface area contributed by atoms with Gasteiger partial charge in [0, 0.05) is 11.0 Å². The van der Waals surface area contributed by atoms with Gasteiger partial charge in [-0.2, -0.15) is 0 Å². The molecule has 0 spiro atoms. The third-order valence-electron chi connectivity index (χ3n) is 4.96. The Morgan fingerprint density at radius 3 is 2.68 bits per heavy atom. The highest BCUT2D eigenvalue weighted by molar-refractivity contribution is 5.33. The number of methoxy groups -OCH3 is 1. The Morgan fingerprint density at radius 2 is 1.91 bits per heavy atom. The molecule has 0 saturated carbocycles. The van der Waals surface area contributed by atoms with Gasteiger partial charge in [-0.3, -0.25) is 0 Å². The number of piperidine rings is 1. The second-order valence-electron chi connectivity index (χ2n) is 6.74. The first kappa shape index (κ1) is 15.1. The highest BCUT2D eigenvalue weighted by Gasteiger charge is 2.35. The van der Waals surface area contributed by atoms with Crippen molar-refractivity contribution >= 4 is 0 Å². The van der Waals surface area contributed by atoms with Crippen molar-refractivity contribution in [3.05, 3.63) is 65.7 Å². The number of ether oxygens (including phenoxy) is 1. The standard InChI is InChI=1S/C20H25NO/c1-20(18-10-6-11-19(14-18)22-2)12-7-13-21(16-20)15-17-8-4-3-5-9-17/h3-6,8-11,14H,7,12-13,15-16H2,1-2H3/p+1/t20-/m0/s1. The molecule has 2 heteroatoms. The van der Waals surface area contributed by atoms with E-state index in [-0.39, 0.29) is 5.41 Å². The lowest BCUT2D eigenvalue weighted by molar-refractivity contribution is -0.923. The van der Waals surface area contributed by atoms with Crippen LogP contribution in [0.15, 0.2) is 54.6 Å². The highest BCUT2D eigenvalue weighted by Crippen LogP contribution is 2.31. The number of hydrogen-bond donors (Lipinski definition) is 1. The van der Waals surface area contributed by atoms with Crippen LogP contribution < -0.4 is 9.64 Å². The Morgan fingerprint density at radius 1 is 1.09 bits per heavy atom. The van der Waals surface area contributed by atoms with Gasteiger partial charge in [0.15, 0.2) is 0 Å². The van der Waals surface area contributed by atoms with Crippen LogP contribution in [0.1, 0.15) is 30.9 Å². The number of quaternary nitrogens is 1. The predicted octanol–water partition coefficient (Wildman–Crippen LogP) is 2.83. The first-order valence-electron chi connectivity index (χ1n) is 8.22. The van der Waals surface area contributed by atoms with E-state index in [4.69, 9.17) is 4.74 Å². The van der Waals surface area contributed by atoms with Gasteiger partial charge in [0.1, 0.15) is 12.3 Å². The quantitative estimate of drug-likeness (QED) is 0.916. The zero-order chi connectivity index (χ0) is 15.4. The van der Waals surface area contributed by atoms with E-state index >= 15 is 0 Å². The molecule has 22 heavy (non-hydrogen) atoms. The Bertz CT molecular complexity index is 610. The molecule has 1 heterocycles. The van der Waals surface area contributed by atoms with Crippen molar-refractivity contribution in [3.63, 3.8) is 0 Å². The Hall–Kier alpha value is -1.80. The fourth-order valence-corrected chi connectivity index (χ4v) is 3.74. The van der Waals surface area contributed by atoms with Crippen LogP contribution in [0.4, 0.5) is 0 Å². The van der Waals surface area contributed by atoms with E-state index < -0.39 is 0 Å². The van der Waals surface area contributed by atoms with Crippen LogP contribution in [0.2, 0.25) is 0 Å². The first-order chi connectivity index (χ1) is 10.7. The molecule has 1 unspecified atom stereocenters. The number of benzene rings is 2. The second-order valence-corrected chi connectivity index (χ2v) is 6.74. The summed E-state index contributed by atoms with van der Waals surface area (Å²) in [6.45, 7) is 6.00. The van der Waals surface area contributed by atoms with E-state index in [0.717, 1.165) is 12.3 Å². The summed E-state index contributed by atoms with van der Waals surface area (Å²) in [7, 11) is 1.75. The summed E-state index contributed by atoms with van der Waals surface area (Å²) >= 11 is 0. The van der Waals surface area contributed by atoms with Crippen LogP contribution in [0.3, 0.4) is 0 Å². The summed E-state index contributed by atoms with van der Waals surface area (Å²) < 4.78 is 5.41. The molecule has 3 rings (SSSR count). The normalized spacial score (nSPS) is 24.9. The third-order valence-corrected chi connectivity index (χ3v) is 4.96. The van der Waals surface area contributed by atoms with Crippen molar-refractivity contribution < 1.29 is 9.64 Å². The van der Waals surface area contributed by atoms with Gasteiger partial charge in [0.25, 0.3) is 0 Å². The van der Waals surface area contributed by atoms with Gasteiger partial charge in [-0.25, -0.2) is 0 Å². The maximum absolute atomic E-state index is 5.41. The average Bonchev–Trinajstić information content (AvgIpc) is 2.56. The van der Waals surface area contributed by atoms with Crippen molar-refractivity contribution in [2.24, 2.45) is 0 Å². The molecule has 2 aromatic carbocycles. The van der Waals surface area contributed by atoms with Gasteiger partial charge in [-0.1, -0.05) is 49.4 Å². The van der Waals surface area contributed by atoms with Gasteiger partial charge >= 0.3 is 0 Å². The summed E-state index contributed by atoms with van der Waals surface area (Å²) in [5.74, 6) is 0.967. The molecule has 1 N–H and O–H groups in total. The fraction of sp³-hybridized carbons (Fsp3) is 0.400. The van der Waals surface area contributed by atoms with Crippen molar-refractivity contribution in [2.75, 3.05) is 20.2 Å². The lowest BCUT2D eigenvalue weighted by Gasteiger charge is -2.38. The van der Waals surface area contributed by atoms with E-state index in [9.17, 15) is 0 Å². The molecule has 2 nitrogen and oxygen atoms in total. The molecule has 1 saturated heterocycles. The van der Waals surface area contributed by atoms with Crippen molar-refractivity contribution in [2.45, 2.75) is 31.7 Å². The summed E-state index contributed by atoms with van der Waals surface area (Å²) in [5, 5.41) is 0. The smallest absolute Gasteiger partial charge is 0.119 e. The summed E-state index contributed by atoms with van der Waals surface area (Å²) in [6.07, 6.45) is 2.55. The summed E-state index contributed by atoms with van der Waals surface area (Å²) in [6, 6.07) is 19.5. The van der Waals surface area contributed by atoms with Crippen LogP contribution in [0.5, 0.6) is 5.75 Å². The SMILES string of the molecule is COc1cccc([C@@]2(C)CCC[NH+](Cc3ccccc3)C2)c1. The van der Waals surface area contributed by atoms with Crippen LogP contribution in [-0.4, -0.2) is 20.2 Å². The van der Waals surface area contributed by atoms with E-state index in [1.807, 2.05) is 6.07 Å². The minimum absolute atomic E-state index is 0.247. The lowest BCUT2D eigenvalue weighted by Crippen LogP contribution is -3.13. The van der Waals surface area contributed by atoms with Crippen molar-refractivity contribution in [1.82, 2.24) is 0 Å². The van der Waals surface area contributed by atoms with Crippen molar-refractivity contribution in [1.29, 1.82) is 0 Å². The maximum Gasteiger partial charge on any atom is 0.119 e.